The predicted molar refractivity (Wildman–Crippen MR) is 55.7 cm³/mol. The maximum absolute atomic E-state index is 11.5. The van der Waals surface area contributed by atoms with Gasteiger partial charge in [-0.05, 0) is 20.0 Å². The van der Waals surface area contributed by atoms with Gasteiger partial charge in [0.05, 0.1) is 6.04 Å². The van der Waals surface area contributed by atoms with E-state index in [9.17, 15) is 4.79 Å². The summed E-state index contributed by atoms with van der Waals surface area (Å²) in [5, 5.41) is 2.71. The maximum Gasteiger partial charge on any atom is 0.237 e. The number of carbonyl (C=O) groups is 1. The summed E-state index contributed by atoms with van der Waals surface area (Å²) in [5.41, 5.74) is 0. The minimum Gasteiger partial charge on any atom is -0.358 e. The van der Waals surface area contributed by atoms with Gasteiger partial charge < -0.3 is 5.32 Å². The number of nitrogens with zero attached hydrogens (tertiary/aromatic N) is 1. The molecule has 0 fully saturated rings. The lowest BCUT2D eigenvalue weighted by molar-refractivity contribution is -0.125. The molecule has 0 aliphatic heterocycles. The summed E-state index contributed by atoms with van der Waals surface area (Å²) in [6.45, 7) is 5.14. The van der Waals surface area contributed by atoms with E-state index in [1.165, 1.54) is 0 Å². The Hall–Kier alpha value is -0.570. The molecule has 0 rings (SSSR count). The Kier molecular flexibility index (Phi) is 6.59. The SMILES string of the molecule is CCCC[C@@H](C(=O)NC)N(C)CC. The highest BCUT2D eigenvalue weighted by Crippen LogP contribution is 2.06. The van der Waals surface area contributed by atoms with Crippen LogP contribution in [0, 0.1) is 0 Å². The van der Waals surface area contributed by atoms with Crippen molar-refractivity contribution < 1.29 is 4.79 Å². The van der Waals surface area contributed by atoms with Gasteiger partial charge in [0.25, 0.3) is 0 Å². The number of unbranched alkanes of at least 4 members (excludes halogenated alkanes) is 1. The third-order valence-corrected chi connectivity index (χ3v) is 2.41. The van der Waals surface area contributed by atoms with Crippen molar-refractivity contribution in [3.05, 3.63) is 0 Å². The van der Waals surface area contributed by atoms with Crippen LogP contribution < -0.4 is 5.32 Å². The van der Waals surface area contributed by atoms with E-state index in [1.54, 1.807) is 7.05 Å². The third-order valence-electron chi connectivity index (χ3n) is 2.41. The molecule has 0 saturated carbocycles. The van der Waals surface area contributed by atoms with Gasteiger partial charge in [0.1, 0.15) is 0 Å². The van der Waals surface area contributed by atoms with Crippen molar-refractivity contribution in [2.75, 3.05) is 20.6 Å². The second kappa shape index (κ2) is 6.89. The van der Waals surface area contributed by atoms with Crippen LogP contribution in [0.1, 0.15) is 33.1 Å². The fraction of sp³-hybridized carbons (Fsp3) is 0.900. The van der Waals surface area contributed by atoms with Crippen LogP contribution in [0.2, 0.25) is 0 Å². The molecule has 3 nitrogen and oxygen atoms in total. The average molecular weight is 186 g/mol. The molecule has 0 aliphatic rings. The van der Waals surface area contributed by atoms with Crippen LogP contribution in [0.25, 0.3) is 0 Å². The van der Waals surface area contributed by atoms with Gasteiger partial charge >= 0.3 is 0 Å². The van der Waals surface area contributed by atoms with Crippen molar-refractivity contribution in [2.24, 2.45) is 0 Å². The van der Waals surface area contributed by atoms with Gasteiger partial charge in [0.2, 0.25) is 5.91 Å². The van der Waals surface area contributed by atoms with Gasteiger partial charge in [0, 0.05) is 7.05 Å². The summed E-state index contributed by atoms with van der Waals surface area (Å²) < 4.78 is 0. The van der Waals surface area contributed by atoms with E-state index in [0.717, 1.165) is 25.8 Å². The molecule has 1 N–H and O–H groups in total. The van der Waals surface area contributed by atoms with Crippen molar-refractivity contribution >= 4 is 5.91 Å². The van der Waals surface area contributed by atoms with Crippen LogP contribution in [0.3, 0.4) is 0 Å². The molecule has 1 amide bonds. The number of amides is 1. The van der Waals surface area contributed by atoms with Crippen molar-refractivity contribution in [3.8, 4) is 0 Å². The van der Waals surface area contributed by atoms with Crippen molar-refractivity contribution in [1.29, 1.82) is 0 Å². The monoisotopic (exact) mass is 186 g/mol. The topological polar surface area (TPSA) is 32.3 Å². The first kappa shape index (κ1) is 12.4. The average Bonchev–Trinajstić information content (AvgIpc) is 2.17. The molecule has 0 aromatic heterocycles. The molecule has 0 heterocycles. The van der Waals surface area contributed by atoms with Crippen molar-refractivity contribution in [2.45, 2.75) is 39.2 Å². The van der Waals surface area contributed by atoms with Crippen LogP contribution >= 0.6 is 0 Å². The predicted octanol–water partition coefficient (Wildman–Crippen LogP) is 1.24. The number of carbonyl (C=O) groups excluding carboxylic acids is 1. The van der Waals surface area contributed by atoms with Crippen LogP contribution in [0.5, 0.6) is 0 Å². The lowest BCUT2D eigenvalue weighted by atomic mass is 10.1. The van der Waals surface area contributed by atoms with E-state index in [1.807, 2.05) is 7.05 Å². The smallest absolute Gasteiger partial charge is 0.237 e. The molecule has 0 saturated heterocycles. The summed E-state index contributed by atoms with van der Waals surface area (Å²) in [6.07, 6.45) is 3.22. The van der Waals surface area contributed by atoms with Crippen LogP contribution in [-0.4, -0.2) is 37.5 Å². The van der Waals surface area contributed by atoms with E-state index < -0.39 is 0 Å². The third kappa shape index (κ3) is 4.27. The molecule has 0 aliphatic carbocycles. The first-order valence-corrected chi connectivity index (χ1v) is 5.09. The molecular weight excluding hydrogens is 164 g/mol. The van der Waals surface area contributed by atoms with Gasteiger partial charge in [-0.1, -0.05) is 26.7 Å². The molecule has 0 spiro atoms. The summed E-state index contributed by atoms with van der Waals surface area (Å²) >= 11 is 0. The molecule has 0 aromatic carbocycles. The molecule has 78 valence electrons. The highest BCUT2D eigenvalue weighted by atomic mass is 16.2. The largest absolute Gasteiger partial charge is 0.358 e. The van der Waals surface area contributed by atoms with E-state index in [0.29, 0.717) is 0 Å². The number of likely N-dealkylation sites (N-methyl/N-ethyl adjacent to an activating group) is 2. The van der Waals surface area contributed by atoms with Crippen molar-refractivity contribution in [3.63, 3.8) is 0 Å². The lowest BCUT2D eigenvalue weighted by Crippen LogP contribution is -2.43. The summed E-state index contributed by atoms with van der Waals surface area (Å²) in [6, 6.07) is 0.0509. The van der Waals surface area contributed by atoms with Gasteiger partial charge in [0.15, 0.2) is 0 Å². The Bertz CT molecular complexity index is 148. The fourth-order valence-electron chi connectivity index (χ4n) is 1.34. The molecular formula is C10H22N2O. The highest BCUT2D eigenvalue weighted by Gasteiger charge is 2.19. The first-order chi connectivity index (χ1) is 6.17. The minimum atomic E-state index is 0.0509. The van der Waals surface area contributed by atoms with E-state index >= 15 is 0 Å². The van der Waals surface area contributed by atoms with Gasteiger partial charge in [-0.2, -0.15) is 0 Å². The van der Waals surface area contributed by atoms with Crippen molar-refractivity contribution in [1.82, 2.24) is 10.2 Å². The van der Waals surface area contributed by atoms with Crippen LogP contribution in [-0.2, 0) is 4.79 Å². The zero-order valence-corrected chi connectivity index (χ0v) is 9.26. The summed E-state index contributed by atoms with van der Waals surface area (Å²) in [4.78, 5) is 13.6. The Balaban J connectivity index is 4.09. The Morgan fingerprint density at radius 1 is 1.46 bits per heavy atom. The highest BCUT2D eigenvalue weighted by molar-refractivity contribution is 5.81. The molecule has 1 atom stereocenters. The Labute approximate surface area is 81.5 Å². The zero-order valence-electron chi connectivity index (χ0n) is 9.26. The van der Waals surface area contributed by atoms with Gasteiger partial charge in [-0.15, -0.1) is 0 Å². The number of rotatable bonds is 6. The second-order valence-corrected chi connectivity index (χ2v) is 3.35. The number of hydrogen-bond donors (Lipinski definition) is 1. The quantitative estimate of drug-likeness (QED) is 0.677. The Morgan fingerprint density at radius 3 is 2.46 bits per heavy atom. The molecule has 0 radical (unpaired) electrons. The fourth-order valence-corrected chi connectivity index (χ4v) is 1.34. The summed E-state index contributed by atoms with van der Waals surface area (Å²) in [7, 11) is 3.69. The summed E-state index contributed by atoms with van der Waals surface area (Å²) in [5.74, 6) is 0.137. The van der Waals surface area contributed by atoms with Gasteiger partial charge in [-0.3, -0.25) is 9.69 Å². The zero-order chi connectivity index (χ0) is 10.3. The number of nitrogens with one attached hydrogen (secondary N) is 1. The Morgan fingerprint density at radius 2 is 2.08 bits per heavy atom. The molecule has 0 aromatic rings. The molecule has 0 bridgehead atoms. The van der Waals surface area contributed by atoms with E-state index in [2.05, 4.69) is 24.1 Å². The van der Waals surface area contributed by atoms with Crippen LogP contribution in [0.4, 0.5) is 0 Å². The minimum absolute atomic E-state index is 0.0509. The standard InChI is InChI=1S/C10H22N2O/c1-5-7-8-9(10(13)11-3)12(4)6-2/h9H,5-8H2,1-4H3,(H,11,13)/t9-/m0/s1. The van der Waals surface area contributed by atoms with Crippen LogP contribution in [0.15, 0.2) is 0 Å². The van der Waals surface area contributed by atoms with Gasteiger partial charge in [-0.25, -0.2) is 0 Å². The lowest BCUT2D eigenvalue weighted by Gasteiger charge is -2.25. The normalized spacial score (nSPS) is 13.0. The maximum atomic E-state index is 11.5. The molecule has 3 heteroatoms. The second-order valence-electron chi connectivity index (χ2n) is 3.35. The van der Waals surface area contributed by atoms with E-state index in [4.69, 9.17) is 0 Å². The molecule has 0 unspecified atom stereocenters. The first-order valence-electron chi connectivity index (χ1n) is 5.09. The number of hydrogen-bond acceptors (Lipinski definition) is 2. The molecule has 13 heavy (non-hydrogen) atoms. The van der Waals surface area contributed by atoms with E-state index in [-0.39, 0.29) is 11.9 Å².